The zero-order valence-corrected chi connectivity index (χ0v) is 17.5. The number of rotatable bonds is 3. The van der Waals surface area contributed by atoms with Gasteiger partial charge >= 0.3 is 0 Å². The highest BCUT2D eigenvalue weighted by Gasteiger charge is 2.26. The lowest BCUT2D eigenvalue weighted by atomic mass is 9.98. The van der Waals surface area contributed by atoms with E-state index in [4.69, 9.17) is 4.63 Å². The van der Waals surface area contributed by atoms with Crippen LogP contribution in [0.1, 0.15) is 22.6 Å². The highest BCUT2D eigenvalue weighted by atomic mass is 32.1. The maximum absolute atomic E-state index is 13.1. The average molecular weight is 420 g/mol. The number of thiophene rings is 1. The molecule has 0 saturated carbocycles. The second kappa shape index (κ2) is 7.21. The van der Waals surface area contributed by atoms with E-state index in [2.05, 4.69) is 16.4 Å². The molecule has 5 rings (SSSR count). The summed E-state index contributed by atoms with van der Waals surface area (Å²) >= 11 is 1.64. The van der Waals surface area contributed by atoms with E-state index in [1.54, 1.807) is 22.8 Å². The number of hydrogen-bond donors (Lipinski definition) is 0. The summed E-state index contributed by atoms with van der Waals surface area (Å²) in [6, 6.07) is 10.1. The first kappa shape index (κ1) is 18.7. The van der Waals surface area contributed by atoms with Crippen LogP contribution in [0.5, 0.6) is 0 Å². The maximum atomic E-state index is 13.1. The van der Waals surface area contributed by atoms with Gasteiger partial charge in [-0.1, -0.05) is 28.5 Å². The van der Waals surface area contributed by atoms with Gasteiger partial charge in [0.05, 0.1) is 6.42 Å². The van der Waals surface area contributed by atoms with Gasteiger partial charge in [0.1, 0.15) is 11.4 Å². The number of amides is 1. The Morgan fingerprint density at radius 2 is 2.07 bits per heavy atom. The number of nitrogens with zero attached hydrogens (tertiary/aromatic N) is 4. The van der Waals surface area contributed by atoms with Crippen LogP contribution in [0.25, 0.3) is 21.2 Å². The molecule has 1 aromatic carbocycles. The number of aryl methyl sites for hydroxylation is 1. The predicted molar refractivity (Wildman–Crippen MR) is 114 cm³/mol. The fourth-order valence-corrected chi connectivity index (χ4v) is 5.05. The summed E-state index contributed by atoms with van der Waals surface area (Å²) in [4.78, 5) is 27.7. The van der Waals surface area contributed by atoms with Crippen LogP contribution in [0.15, 0.2) is 45.1 Å². The number of carbonyl (C=O) groups excluding carboxylic acids is 1. The summed E-state index contributed by atoms with van der Waals surface area (Å²) in [5, 5.41) is 10.7. The van der Waals surface area contributed by atoms with E-state index in [0.29, 0.717) is 36.5 Å². The molecule has 0 saturated heterocycles. The summed E-state index contributed by atoms with van der Waals surface area (Å²) in [5.41, 5.74) is 4.84. The van der Waals surface area contributed by atoms with Crippen molar-refractivity contribution in [1.82, 2.24) is 19.8 Å². The first-order valence-electron chi connectivity index (χ1n) is 9.77. The molecule has 0 atom stereocenters. The Bertz CT molecular complexity index is 1330. The van der Waals surface area contributed by atoms with E-state index in [0.717, 1.165) is 26.9 Å². The molecule has 0 radical (unpaired) electrons. The van der Waals surface area contributed by atoms with Crippen LogP contribution in [0.2, 0.25) is 0 Å². The molecule has 0 N–H and O–H groups in total. The van der Waals surface area contributed by atoms with Gasteiger partial charge in [-0.25, -0.2) is 4.63 Å². The highest BCUT2D eigenvalue weighted by Crippen LogP contribution is 2.33. The summed E-state index contributed by atoms with van der Waals surface area (Å²) in [6.45, 7) is 2.82. The van der Waals surface area contributed by atoms with Gasteiger partial charge in [0.2, 0.25) is 5.91 Å². The van der Waals surface area contributed by atoms with Crippen molar-refractivity contribution in [1.29, 1.82) is 0 Å². The minimum atomic E-state index is -0.0177. The molecule has 7 nitrogen and oxygen atoms in total. The van der Waals surface area contributed by atoms with Gasteiger partial charge in [-0.05, 0) is 24.6 Å². The summed E-state index contributed by atoms with van der Waals surface area (Å²) in [6.07, 6.45) is 0.811. The zero-order valence-electron chi connectivity index (χ0n) is 16.7. The molecule has 1 aliphatic heterocycles. The SMILES string of the molecule is Cc1nonc1CC(=O)N1CCc2c(cc(-c3csc4ccccc34)c(=O)n2C)C1. The Kier molecular flexibility index (Phi) is 4.51. The number of benzene rings is 1. The van der Waals surface area contributed by atoms with Crippen molar-refractivity contribution < 1.29 is 9.42 Å². The molecule has 3 aromatic heterocycles. The largest absolute Gasteiger partial charge is 0.338 e. The van der Waals surface area contributed by atoms with Crippen LogP contribution in [-0.4, -0.2) is 32.2 Å². The second-order valence-corrected chi connectivity index (χ2v) is 8.49. The summed E-state index contributed by atoms with van der Waals surface area (Å²) in [5.74, 6) is -0.0177. The standard InChI is InChI=1S/C22H20N4O3S/c1-13-18(24-29-23-13)10-21(27)26-8-7-19-14(11-26)9-16(22(28)25(19)2)17-12-30-20-6-4-3-5-15(17)20/h3-6,9,12H,7-8,10-11H2,1-2H3. The summed E-state index contributed by atoms with van der Waals surface area (Å²) in [7, 11) is 1.82. The quantitative estimate of drug-likeness (QED) is 0.509. The smallest absolute Gasteiger partial charge is 0.258 e. The van der Waals surface area contributed by atoms with Crippen molar-refractivity contribution in [3.05, 3.63) is 68.7 Å². The highest BCUT2D eigenvalue weighted by molar-refractivity contribution is 7.17. The molecule has 0 unspecified atom stereocenters. The molecule has 8 heteroatoms. The zero-order chi connectivity index (χ0) is 20.8. The Hall–Kier alpha value is -3.26. The molecule has 152 valence electrons. The van der Waals surface area contributed by atoms with Crippen molar-refractivity contribution in [3.63, 3.8) is 0 Å². The third-order valence-corrected chi connectivity index (χ3v) is 6.76. The lowest BCUT2D eigenvalue weighted by molar-refractivity contribution is -0.131. The number of fused-ring (bicyclic) bond motifs is 2. The fourth-order valence-electron chi connectivity index (χ4n) is 4.09. The number of carbonyl (C=O) groups is 1. The number of pyridine rings is 1. The summed E-state index contributed by atoms with van der Waals surface area (Å²) < 4.78 is 7.60. The van der Waals surface area contributed by atoms with E-state index in [9.17, 15) is 9.59 Å². The molecular weight excluding hydrogens is 400 g/mol. The Morgan fingerprint density at radius 3 is 2.87 bits per heavy atom. The van der Waals surface area contributed by atoms with Gasteiger partial charge in [-0.15, -0.1) is 11.3 Å². The van der Waals surface area contributed by atoms with Crippen LogP contribution < -0.4 is 5.56 Å². The van der Waals surface area contributed by atoms with Crippen molar-refractivity contribution >= 4 is 27.3 Å². The lowest BCUT2D eigenvalue weighted by Gasteiger charge is -2.30. The van der Waals surface area contributed by atoms with Crippen molar-refractivity contribution in [2.45, 2.75) is 26.3 Å². The van der Waals surface area contributed by atoms with Crippen molar-refractivity contribution in [2.24, 2.45) is 7.05 Å². The first-order chi connectivity index (χ1) is 14.5. The first-order valence-corrected chi connectivity index (χ1v) is 10.6. The molecule has 4 aromatic rings. The minimum Gasteiger partial charge on any atom is -0.338 e. The van der Waals surface area contributed by atoms with Gasteiger partial charge in [0, 0.05) is 58.8 Å². The molecule has 0 spiro atoms. The van der Waals surface area contributed by atoms with Gasteiger partial charge in [0.25, 0.3) is 5.56 Å². The predicted octanol–water partition coefficient (Wildman–Crippen LogP) is 3.09. The van der Waals surface area contributed by atoms with E-state index in [1.165, 1.54) is 0 Å². The molecule has 0 fully saturated rings. The van der Waals surface area contributed by atoms with Crippen molar-refractivity contribution in [2.75, 3.05) is 6.54 Å². The topological polar surface area (TPSA) is 81.2 Å². The third kappa shape index (κ3) is 3.04. The lowest BCUT2D eigenvalue weighted by Crippen LogP contribution is -2.39. The van der Waals surface area contributed by atoms with E-state index >= 15 is 0 Å². The Balaban J connectivity index is 1.51. The molecule has 0 aliphatic carbocycles. The number of aromatic nitrogens is 3. The monoisotopic (exact) mass is 420 g/mol. The molecule has 4 heterocycles. The molecule has 30 heavy (non-hydrogen) atoms. The van der Waals surface area contributed by atoms with Crippen molar-refractivity contribution in [3.8, 4) is 11.1 Å². The molecule has 0 bridgehead atoms. The maximum Gasteiger partial charge on any atom is 0.258 e. The van der Waals surface area contributed by atoms with Crippen LogP contribution in [-0.2, 0) is 31.2 Å². The molecular formula is C22H20N4O3S. The van der Waals surface area contributed by atoms with Gasteiger partial charge < -0.3 is 9.47 Å². The normalized spacial score (nSPS) is 13.6. The van der Waals surface area contributed by atoms with Gasteiger partial charge in [-0.3, -0.25) is 9.59 Å². The van der Waals surface area contributed by atoms with Crippen LogP contribution in [0, 0.1) is 6.92 Å². The van der Waals surface area contributed by atoms with Crippen LogP contribution >= 0.6 is 11.3 Å². The molecule has 1 amide bonds. The molecule has 1 aliphatic rings. The van der Waals surface area contributed by atoms with Crippen LogP contribution in [0.3, 0.4) is 0 Å². The Morgan fingerprint density at radius 1 is 1.23 bits per heavy atom. The average Bonchev–Trinajstić information content (AvgIpc) is 3.36. The number of hydrogen-bond acceptors (Lipinski definition) is 6. The Labute approximate surface area is 176 Å². The van der Waals surface area contributed by atoms with Crippen LogP contribution in [0.4, 0.5) is 0 Å². The second-order valence-electron chi connectivity index (χ2n) is 7.58. The van der Waals surface area contributed by atoms with Gasteiger partial charge in [0.15, 0.2) is 0 Å². The minimum absolute atomic E-state index is 0.00127. The van der Waals surface area contributed by atoms with Gasteiger partial charge in [-0.2, -0.15) is 0 Å². The third-order valence-electron chi connectivity index (χ3n) is 5.80. The van der Waals surface area contributed by atoms with E-state index in [1.807, 2.05) is 41.6 Å². The van der Waals surface area contributed by atoms with E-state index in [-0.39, 0.29) is 17.9 Å². The van der Waals surface area contributed by atoms with E-state index < -0.39 is 0 Å². The fraction of sp³-hybridized carbons (Fsp3) is 0.273.